The fourth-order valence-electron chi connectivity index (χ4n) is 1.54. The van der Waals surface area contributed by atoms with E-state index in [0.717, 1.165) is 11.3 Å². The van der Waals surface area contributed by atoms with Crippen LogP contribution >= 0.6 is 11.3 Å². The molecule has 2 rings (SSSR count). The minimum Gasteiger partial charge on any atom is -0.363 e. The smallest absolute Gasteiger partial charge is 0.258 e. The average molecular weight is 236 g/mol. The third-order valence-corrected chi connectivity index (χ3v) is 3.18. The number of pyridine rings is 1. The van der Waals surface area contributed by atoms with E-state index in [1.165, 1.54) is 11.3 Å². The Balaban J connectivity index is 2.60. The van der Waals surface area contributed by atoms with Crippen molar-refractivity contribution in [3.63, 3.8) is 0 Å². The van der Waals surface area contributed by atoms with E-state index in [2.05, 4.69) is 20.5 Å². The molecule has 0 aliphatic heterocycles. The second-order valence-electron chi connectivity index (χ2n) is 3.50. The molecule has 2 aromatic heterocycles. The number of hydrogen-bond donors (Lipinski definition) is 2. The Morgan fingerprint density at radius 3 is 2.69 bits per heavy atom. The van der Waals surface area contributed by atoms with Gasteiger partial charge in [0.15, 0.2) is 5.01 Å². The largest absolute Gasteiger partial charge is 0.363 e. The van der Waals surface area contributed by atoms with Crippen molar-refractivity contribution in [3.8, 4) is 10.6 Å². The molecule has 6 heteroatoms. The molecule has 0 atom stereocenters. The van der Waals surface area contributed by atoms with E-state index in [9.17, 15) is 4.79 Å². The van der Waals surface area contributed by atoms with Crippen molar-refractivity contribution < 1.29 is 0 Å². The Kier molecular flexibility index (Phi) is 2.74. The quantitative estimate of drug-likeness (QED) is 0.830. The summed E-state index contributed by atoms with van der Waals surface area (Å²) in [6, 6.07) is 1.93. The van der Waals surface area contributed by atoms with Crippen molar-refractivity contribution in [2.75, 3.05) is 12.4 Å². The molecule has 84 valence electrons. The molecule has 0 spiro atoms. The summed E-state index contributed by atoms with van der Waals surface area (Å²) in [5, 5.41) is 12.2. The first-order valence-electron chi connectivity index (χ1n) is 4.84. The standard InChI is InChI=1S/C10H12N4OS/c1-5-4-6(2)12-8(15)7(5)9-13-14-10(11-3)16-9/h4H,1-3H3,(H,11,14)(H,12,15). The van der Waals surface area contributed by atoms with Crippen LogP contribution in [-0.2, 0) is 0 Å². The molecule has 0 aromatic carbocycles. The van der Waals surface area contributed by atoms with Crippen molar-refractivity contribution in [1.29, 1.82) is 0 Å². The fourth-order valence-corrected chi connectivity index (χ4v) is 2.35. The number of aryl methyl sites for hydroxylation is 2. The van der Waals surface area contributed by atoms with E-state index in [1.807, 2.05) is 19.9 Å². The van der Waals surface area contributed by atoms with Gasteiger partial charge in [-0.3, -0.25) is 4.79 Å². The lowest BCUT2D eigenvalue weighted by Crippen LogP contribution is -2.11. The van der Waals surface area contributed by atoms with Crippen LogP contribution in [0.1, 0.15) is 11.3 Å². The number of aromatic amines is 1. The van der Waals surface area contributed by atoms with Crippen LogP contribution in [0.15, 0.2) is 10.9 Å². The van der Waals surface area contributed by atoms with E-state index >= 15 is 0 Å². The summed E-state index contributed by atoms with van der Waals surface area (Å²) in [6.07, 6.45) is 0. The number of anilines is 1. The van der Waals surface area contributed by atoms with Crippen molar-refractivity contribution in [1.82, 2.24) is 15.2 Å². The third kappa shape index (κ3) is 1.83. The van der Waals surface area contributed by atoms with Crippen LogP contribution in [0.2, 0.25) is 0 Å². The number of nitrogens with zero attached hydrogens (tertiary/aromatic N) is 2. The van der Waals surface area contributed by atoms with Gasteiger partial charge in [-0.1, -0.05) is 11.3 Å². The molecule has 0 aliphatic carbocycles. The lowest BCUT2D eigenvalue weighted by molar-refractivity contribution is 1.07. The first-order chi connectivity index (χ1) is 7.61. The van der Waals surface area contributed by atoms with Gasteiger partial charge in [-0.2, -0.15) is 0 Å². The number of aromatic nitrogens is 3. The van der Waals surface area contributed by atoms with E-state index in [4.69, 9.17) is 0 Å². The average Bonchev–Trinajstić information content (AvgIpc) is 2.64. The van der Waals surface area contributed by atoms with E-state index < -0.39 is 0 Å². The lowest BCUT2D eigenvalue weighted by Gasteiger charge is -2.01. The molecule has 16 heavy (non-hydrogen) atoms. The second kappa shape index (κ2) is 4.05. The van der Waals surface area contributed by atoms with Crippen molar-refractivity contribution >= 4 is 16.5 Å². The Morgan fingerprint density at radius 2 is 2.12 bits per heavy atom. The molecule has 0 bridgehead atoms. The van der Waals surface area contributed by atoms with Crippen molar-refractivity contribution in [2.45, 2.75) is 13.8 Å². The summed E-state index contributed by atoms with van der Waals surface area (Å²) in [5.74, 6) is 0. The lowest BCUT2D eigenvalue weighted by atomic mass is 10.1. The summed E-state index contributed by atoms with van der Waals surface area (Å²) in [6.45, 7) is 3.76. The first-order valence-corrected chi connectivity index (χ1v) is 5.65. The van der Waals surface area contributed by atoms with E-state index in [1.54, 1.807) is 7.05 Å². The Morgan fingerprint density at radius 1 is 1.38 bits per heavy atom. The van der Waals surface area contributed by atoms with Crippen LogP contribution in [0.5, 0.6) is 0 Å². The van der Waals surface area contributed by atoms with Gasteiger partial charge in [-0.15, -0.1) is 10.2 Å². The zero-order chi connectivity index (χ0) is 11.7. The molecule has 0 aliphatic rings. The molecule has 0 saturated carbocycles. The number of nitrogens with one attached hydrogen (secondary N) is 2. The maximum atomic E-state index is 11.8. The van der Waals surface area contributed by atoms with Gasteiger partial charge in [0.1, 0.15) is 0 Å². The predicted octanol–water partition coefficient (Wildman–Crippen LogP) is 1.55. The van der Waals surface area contributed by atoms with Crippen LogP contribution in [0.25, 0.3) is 10.6 Å². The van der Waals surface area contributed by atoms with Crippen LogP contribution in [0, 0.1) is 13.8 Å². The predicted molar refractivity (Wildman–Crippen MR) is 65.0 cm³/mol. The van der Waals surface area contributed by atoms with E-state index in [-0.39, 0.29) is 5.56 Å². The molecule has 0 amide bonds. The normalized spacial score (nSPS) is 10.4. The van der Waals surface area contributed by atoms with Gasteiger partial charge in [0.25, 0.3) is 5.56 Å². The summed E-state index contributed by atoms with van der Waals surface area (Å²) in [4.78, 5) is 14.6. The Labute approximate surface area is 96.6 Å². The van der Waals surface area contributed by atoms with Gasteiger partial charge < -0.3 is 10.3 Å². The maximum absolute atomic E-state index is 11.8. The summed E-state index contributed by atoms with van der Waals surface area (Å²) >= 11 is 1.37. The number of hydrogen-bond acceptors (Lipinski definition) is 5. The zero-order valence-electron chi connectivity index (χ0n) is 9.29. The monoisotopic (exact) mass is 236 g/mol. The van der Waals surface area contributed by atoms with Crippen molar-refractivity contribution in [3.05, 3.63) is 27.7 Å². The second-order valence-corrected chi connectivity index (χ2v) is 4.48. The highest BCUT2D eigenvalue weighted by Gasteiger charge is 2.12. The van der Waals surface area contributed by atoms with Crippen LogP contribution in [0.3, 0.4) is 0 Å². The van der Waals surface area contributed by atoms with Crippen LogP contribution in [0.4, 0.5) is 5.13 Å². The minimum absolute atomic E-state index is 0.115. The highest BCUT2D eigenvalue weighted by molar-refractivity contribution is 7.18. The number of H-pyrrole nitrogens is 1. The first kappa shape index (κ1) is 10.8. The molecular weight excluding hydrogens is 224 g/mol. The van der Waals surface area contributed by atoms with Gasteiger partial charge in [-0.25, -0.2) is 0 Å². The van der Waals surface area contributed by atoms with Gasteiger partial charge >= 0.3 is 0 Å². The summed E-state index contributed by atoms with van der Waals surface area (Å²) in [7, 11) is 1.77. The molecular formula is C10H12N4OS. The minimum atomic E-state index is -0.115. The molecule has 2 N–H and O–H groups in total. The van der Waals surface area contributed by atoms with Crippen LogP contribution in [-0.4, -0.2) is 22.2 Å². The molecule has 2 aromatic rings. The summed E-state index contributed by atoms with van der Waals surface area (Å²) < 4.78 is 0. The molecule has 5 nitrogen and oxygen atoms in total. The zero-order valence-corrected chi connectivity index (χ0v) is 10.1. The SMILES string of the molecule is CNc1nnc(-c2c(C)cc(C)[nH]c2=O)s1. The highest BCUT2D eigenvalue weighted by atomic mass is 32.1. The topological polar surface area (TPSA) is 70.7 Å². The molecule has 0 fully saturated rings. The highest BCUT2D eigenvalue weighted by Crippen LogP contribution is 2.25. The van der Waals surface area contributed by atoms with Gasteiger partial charge in [0.2, 0.25) is 5.13 Å². The van der Waals surface area contributed by atoms with Gasteiger partial charge in [0, 0.05) is 12.7 Å². The summed E-state index contributed by atoms with van der Waals surface area (Å²) in [5.41, 5.74) is 2.26. The Hall–Kier alpha value is -1.69. The fraction of sp³-hybridized carbons (Fsp3) is 0.300. The van der Waals surface area contributed by atoms with Gasteiger partial charge in [0.05, 0.1) is 5.56 Å². The van der Waals surface area contributed by atoms with E-state index in [0.29, 0.717) is 15.7 Å². The molecule has 2 heterocycles. The molecule has 0 unspecified atom stereocenters. The third-order valence-electron chi connectivity index (χ3n) is 2.22. The Bertz CT molecular complexity index is 572. The van der Waals surface area contributed by atoms with Gasteiger partial charge in [-0.05, 0) is 25.5 Å². The van der Waals surface area contributed by atoms with Crippen LogP contribution < -0.4 is 10.9 Å². The molecule has 0 radical (unpaired) electrons. The van der Waals surface area contributed by atoms with Crippen molar-refractivity contribution in [2.24, 2.45) is 0 Å². The molecule has 0 saturated heterocycles. The number of rotatable bonds is 2. The maximum Gasteiger partial charge on any atom is 0.258 e.